The molecule has 8 heteroatoms. The van der Waals surface area contributed by atoms with Gasteiger partial charge in [0.2, 0.25) is 0 Å². The molecule has 0 bridgehead atoms. The lowest BCUT2D eigenvalue weighted by Crippen LogP contribution is -2.61. The van der Waals surface area contributed by atoms with Crippen molar-refractivity contribution in [1.29, 1.82) is 0 Å². The molecule has 92 heavy (non-hydrogen) atoms. The zero-order chi connectivity index (χ0) is 61.4. The fourth-order valence-electron chi connectivity index (χ4n) is 13.9. The van der Waals surface area contributed by atoms with Crippen molar-refractivity contribution in [3.63, 3.8) is 0 Å². The second-order valence-corrected chi connectivity index (χ2v) is 25.0. The van der Waals surface area contributed by atoms with Crippen LogP contribution in [-0.4, -0.2) is 31.2 Å². The summed E-state index contributed by atoms with van der Waals surface area (Å²) in [5, 5.41) is 2.37. The zero-order valence-electron chi connectivity index (χ0n) is 51.2. The number of hydrogen-bond acceptors (Lipinski definition) is 6. The summed E-state index contributed by atoms with van der Waals surface area (Å²) >= 11 is 0. The molecule has 0 amide bonds. The minimum Gasteiger partial charge on any atom is -0.311 e. The van der Waals surface area contributed by atoms with Gasteiger partial charge in [0, 0.05) is 78.3 Å². The summed E-state index contributed by atoms with van der Waals surface area (Å²) in [6.07, 6.45) is 0. The quantitative estimate of drug-likeness (QED) is 0.127. The number of benzene rings is 12. The number of fused-ring (bicyclic) bond motifs is 7. The van der Waals surface area contributed by atoms with Crippen LogP contribution in [0, 0.1) is 0 Å². The summed E-state index contributed by atoms with van der Waals surface area (Å²) in [7, 11) is 0. The largest absolute Gasteiger partial charge is 0.311 e. The van der Waals surface area contributed by atoms with E-state index in [-0.39, 0.29) is 12.1 Å². The van der Waals surface area contributed by atoms with Crippen molar-refractivity contribution in [3.8, 4) is 84.6 Å². The highest BCUT2D eigenvalue weighted by molar-refractivity contribution is 7.00. The lowest BCUT2D eigenvalue weighted by molar-refractivity contribution is 0.591. The Balaban J connectivity index is 0.896. The number of rotatable bonds is 10. The average Bonchev–Trinajstić information content (AvgIpc) is 0.884. The molecule has 12 aromatic carbocycles. The molecule has 17 rings (SSSR count). The van der Waals surface area contributed by atoms with Gasteiger partial charge in [-0.05, 0) is 136 Å². The third-order valence-corrected chi connectivity index (χ3v) is 18.3. The molecule has 0 radical (unpaired) electrons. The van der Waals surface area contributed by atoms with E-state index in [4.69, 9.17) is 19.9 Å². The van der Waals surface area contributed by atoms with E-state index in [0.717, 1.165) is 107 Å². The normalized spacial score (nSPS) is 12.4. The third-order valence-electron chi connectivity index (χ3n) is 18.3. The Hall–Kier alpha value is -11.7. The average molecular weight is 1180 g/mol. The van der Waals surface area contributed by atoms with Gasteiger partial charge in [-0.3, -0.25) is 0 Å². The number of nitrogens with zero attached hydrogens (tertiary/aromatic N) is 7. The van der Waals surface area contributed by atoms with Crippen LogP contribution in [0.25, 0.3) is 106 Å². The van der Waals surface area contributed by atoms with Crippen LogP contribution >= 0.6 is 0 Å². The monoisotopic (exact) mass is 1180 g/mol. The molecule has 15 aromatic rings. The Morgan fingerprint density at radius 1 is 0.293 bits per heavy atom. The zero-order valence-corrected chi connectivity index (χ0v) is 51.2. The summed E-state index contributed by atoms with van der Waals surface area (Å²) < 4.78 is 2.40. The lowest BCUT2D eigenvalue weighted by atomic mass is 9.33. The van der Waals surface area contributed by atoms with E-state index in [2.05, 4.69) is 320 Å². The van der Waals surface area contributed by atoms with E-state index in [1.807, 2.05) is 24.3 Å². The van der Waals surface area contributed by atoms with E-state index in [0.29, 0.717) is 11.6 Å². The first-order valence-electron chi connectivity index (χ1n) is 31.6. The first-order chi connectivity index (χ1) is 45.3. The highest BCUT2D eigenvalue weighted by Gasteiger charge is 2.43. The predicted octanol–water partition coefficient (Wildman–Crippen LogP) is 19.4. The Morgan fingerprint density at radius 2 is 0.750 bits per heavy atom. The van der Waals surface area contributed by atoms with Crippen molar-refractivity contribution in [2.24, 2.45) is 0 Å². The molecule has 0 fully saturated rings. The summed E-state index contributed by atoms with van der Waals surface area (Å²) in [5.41, 5.74) is 26.0. The third kappa shape index (κ3) is 9.37. The molecule has 0 N–H and O–H groups in total. The van der Waals surface area contributed by atoms with Gasteiger partial charge in [-0.15, -0.1) is 0 Å². The Bertz CT molecular complexity index is 5170. The molecule has 7 nitrogen and oxygen atoms in total. The Labute approximate surface area is 536 Å². The molecule has 0 aliphatic carbocycles. The predicted molar refractivity (Wildman–Crippen MR) is 383 cm³/mol. The molecule has 3 aromatic heterocycles. The van der Waals surface area contributed by atoms with E-state index in [9.17, 15) is 0 Å². The molecule has 5 heterocycles. The molecule has 2 aliphatic rings. The van der Waals surface area contributed by atoms with Crippen molar-refractivity contribution in [2.45, 2.75) is 26.2 Å². The topological polar surface area (TPSA) is 63.0 Å². The number of anilines is 6. The van der Waals surface area contributed by atoms with Gasteiger partial charge in [-0.25, -0.2) is 19.9 Å². The highest BCUT2D eigenvalue weighted by Crippen LogP contribution is 2.47. The van der Waals surface area contributed by atoms with Gasteiger partial charge in [0.25, 0.3) is 6.71 Å². The van der Waals surface area contributed by atoms with E-state index in [1.165, 1.54) is 44.1 Å². The maximum Gasteiger partial charge on any atom is 0.252 e. The van der Waals surface area contributed by atoms with Crippen LogP contribution in [0.5, 0.6) is 0 Å². The molecule has 0 atom stereocenters. The van der Waals surface area contributed by atoms with Crippen LogP contribution in [0.1, 0.15) is 26.3 Å². The maximum atomic E-state index is 5.78. The van der Waals surface area contributed by atoms with Gasteiger partial charge in [-0.1, -0.05) is 233 Å². The van der Waals surface area contributed by atoms with Crippen LogP contribution in [0.3, 0.4) is 0 Å². The van der Waals surface area contributed by atoms with Crippen LogP contribution in [0.2, 0.25) is 0 Å². The number of para-hydroxylation sites is 5. The second kappa shape index (κ2) is 22.1. The molecule has 2 aliphatic heterocycles. The van der Waals surface area contributed by atoms with Crippen molar-refractivity contribution >= 4 is 79.0 Å². The maximum absolute atomic E-state index is 5.78. The van der Waals surface area contributed by atoms with Crippen LogP contribution in [0.4, 0.5) is 34.1 Å². The molecular formula is C84H60BN7. The first-order valence-corrected chi connectivity index (χ1v) is 31.6. The number of hydrogen-bond donors (Lipinski definition) is 0. The molecule has 0 saturated heterocycles. The highest BCUT2D eigenvalue weighted by atomic mass is 15.2. The molecule has 0 saturated carbocycles. The van der Waals surface area contributed by atoms with Gasteiger partial charge in [-0.2, -0.15) is 0 Å². The fourth-order valence-corrected chi connectivity index (χ4v) is 13.9. The van der Waals surface area contributed by atoms with E-state index in [1.54, 1.807) is 0 Å². The Morgan fingerprint density at radius 3 is 1.33 bits per heavy atom. The molecule has 434 valence electrons. The van der Waals surface area contributed by atoms with Crippen molar-refractivity contribution in [2.75, 3.05) is 9.80 Å². The van der Waals surface area contributed by atoms with Crippen molar-refractivity contribution < 1.29 is 0 Å². The van der Waals surface area contributed by atoms with Gasteiger partial charge >= 0.3 is 0 Å². The minimum absolute atomic E-state index is 0.00148. The van der Waals surface area contributed by atoms with Crippen molar-refractivity contribution in [1.82, 2.24) is 24.5 Å². The molecular weight excluding hydrogens is 1120 g/mol. The summed E-state index contributed by atoms with van der Waals surface area (Å²) in [6, 6.07) is 111. The van der Waals surface area contributed by atoms with Crippen LogP contribution in [0.15, 0.2) is 309 Å². The number of aromatic nitrogens is 5. The van der Waals surface area contributed by atoms with Gasteiger partial charge < -0.3 is 14.4 Å². The first kappa shape index (κ1) is 54.4. The van der Waals surface area contributed by atoms with E-state index >= 15 is 0 Å². The summed E-state index contributed by atoms with van der Waals surface area (Å²) in [4.78, 5) is 26.9. The lowest BCUT2D eigenvalue weighted by Gasteiger charge is -2.44. The Kier molecular flexibility index (Phi) is 13.1. The second-order valence-electron chi connectivity index (χ2n) is 25.0. The minimum atomic E-state index is -0.0543. The molecule has 0 spiro atoms. The van der Waals surface area contributed by atoms with Gasteiger partial charge in [0.05, 0.1) is 39.5 Å². The standard InChI is InChI=1S/C84H60BN7/c1-84(2,3)62-45-47-75-66(52-62)65-38-19-22-41-74(65)92(75)76-46-44-60(73-53-70(55-26-9-4-10-27-55)86-82(87-73)57-30-13-6-14-31-57)49-67(76)83-88-71(56-28-11-5-12-29-56)54-72(89-83)59-33-25-32-58(48-59)61-50-79-81-80(51-61)91(64-36-17-8-18-37-64)78-43-24-21-40-69(78)85(81)68-39-20-23-42-77(68)90(79)63-34-15-7-16-35-63/h4-54H,1-3H3. The van der Waals surface area contributed by atoms with Crippen LogP contribution in [-0.2, 0) is 5.41 Å². The van der Waals surface area contributed by atoms with E-state index < -0.39 is 0 Å². The smallest absolute Gasteiger partial charge is 0.252 e. The van der Waals surface area contributed by atoms with Gasteiger partial charge in [0.15, 0.2) is 11.6 Å². The SMILES string of the molecule is CC(C)(C)c1ccc2c(c1)c1ccccc1n2-c1ccc(-c2cc(-c3ccccc3)nc(-c3ccccc3)n2)cc1-c1nc(-c2ccccc2)cc(-c2cccc(-c3cc4c5c(c3)N(c3ccccc3)c3ccccc3B5c3ccccc3N4c3ccccc3)c2)n1. The van der Waals surface area contributed by atoms with Crippen molar-refractivity contribution in [3.05, 3.63) is 315 Å². The summed E-state index contributed by atoms with van der Waals surface area (Å²) in [6.45, 7) is 6.85. The summed E-state index contributed by atoms with van der Waals surface area (Å²) in [5.74, 6) is 1.23. The fraction of sp³-hybridized carbons (Fsp3) is 0.0476. The van der Waals surface area contributed by atoms with Gasteiger partial charge in [0.1, 0.15) is 0 Å². The van der Waals surface area contributed by atoms with Crippen LogP contribution < -0.4 is 26.2 Å². The molecule has 0 unspecified atom stereocenters.